The maximum atomic E-state index is 15.0. The van der Waals surface area contributed by atoms with E-state index in [2.05, 4.69) is 53.0 Å². The van der Waals surface area contributed by atoms with Crippen molar-refractivity contribution in [3.05, 3.63) is 117 Å². The fourth-order valence-electron chi connectivity index (χ4n) is 13.4. The monoisotopic (exact) mass is 1730 g/mol. The van der Waals surface area contributed by atoms with E-state index in [9.17, 15) is 92.3 Å². The number of ether oxygens (including phenoxy) is 2. The van der Waals surface area contributed by atoms with E-state index < -0.39 is 138 Å². The van der Waals surface area contributed by atoms with E-state index >= 15 is 0 Å². The Morgan fingerprint density at radius 3 is 1.97 bits per heavy atom. The van der Waals surface area contributed by atoms with Crippen LogP contribution < -0.4 is 48.1 Å². The lowest BCUT2D eigenvalue weighted by atomic mass is 9.82. The van der Waals surface area contributed by atoms with E-state index in [4.69, 9.17) is 19.6 Å². The number of carboxylic acid groups (broad SMARTS) is 4. The number of amides is 10. The molecule has 2 heterocycles. The molecule has 14 N–H and O–H groups in total. The van der Waals surface area contributed by atoms with Crippen molar-refractivity contribution in [2.75, 3.05) is 51.5 Å². The van der Waals surface area contributed by atoms with E-state index in [-0.39, 0.29) is 149 Å². The highest BCUT2D eigenvalue weighted by molar-refractivity contribution is 8.76. The Morgan fingerprint density at radius 2 is 1.32 bits per heavy atom. The molecule has 3 aromatic carbocycles. The van der Waals surface area contributed by atoms with Crippen molar-refractivity contribution >= 4 is 122 Å². The number of hydrazine groups is 1. The van der Waals surface area contributed by atoms with Gasteiger partial charge in [-0.15, -0.1) is 11.3 Å². The number of Topliss-reactive ketones (excluding diaryl/α,β-unsaturated/α-hetero) is 2. The zero-order valence-electron chi connectivity index (χ0n) is 69.3. The quantitative estimate of drug-likeness (QED) is 0.00649. The van der Waals surface area contributed by atoms with Crippen LogP contribution in [0.2, 0.25) is 0 Å². The number of nitrogens with one attached hydrogen (secondary N) is 9. The third-order valence-electron chi connectivity index (χ3n) is 20.5. The molecule has 0 radical (unpaired) electrons. The van der Waals surface area contributed by atoms with E-state index in [0.29, 0.717) is 53.8 Å². The van der Waals surface area contributed by atoms with Gasteiger partial charge in [-0.05, 0) is 130 Å². The fourth-order valence-corrected chi connectivity index (χ4v) is 16.3. The van der Waals surface area contributed by atoms with Crippen LogP contribution in [-0.4, -0.2) is 217 Å². The molecular formula is C83H118N12O22S3. The average molecular weight is 1730 g/mol. The number of hydrogen-bond acceptors (Lipinski definition) is 23. The number of carbonyl (C=O) groups is 15. The number of hydrogen-bond donors (Lipinski definition) is 14. The first-order valence-electron chi connectivity index (χ1n) is 40.5. The Bertz CT molecular complexity index is 4030. The summed E-state index contributed by atoms with van der Waals surface area (Å²) < 4.78 is 11.0. The highest BCUT2D eigenvalue weighted by Gasteiger charge is 2.40. The number of urea groups is 2. The minimum absolute atomic E-state index is 0.0205. The van der Waals surface area contributed by atoms with Crippen molar-refractivity contribution in [3.63, 3.8) is 0 Å². The predicted octanol–water partition coefficient (Wildman–Crippen LogP) is 8.28. The van der Waals surface area contributed by atoms with Gasteiger partial charge in [-0.3, -0.25) is 58.3 Å². The second kappa shape index (κ2) is 53.3. The lowest BCUT2D eigenvalue weighted by Crippen LogP contribution is -2.50. The molecule has 4 aromatic rings. The number of aromatic hydroxyl groups is 1. The Balaban J connectivity index is 1.10. The maximum Gasteiger partial charge on any atom is 0.426 e. The Morgan fingerprint density at radius 1 is 0.650 bits per heavy atom. The van der Waals surface area contributed by atoms with Crippen molar-refractivity contribution in [1.29, 1.82) is 0 Å². The van der Waals surface area contributed by atoms with Gasteiger partial charge in [0, 0.05) is 98.0 Å². The molecule has 0 aliphatic carbocycles. The number of benzene rings is 3. The maximum absolute atomic E-state index is 15.0. The lowest BCUT2D eigenvalue weighted by Gasteiger charge is -2.39. The summed E-state index contributed by atoms with van der Waals surface area (Å²) in [6.45, 7) is 13.9. The number of carboxylic acids is 4. The zero-order valence-corrected chi connectivity index (χ0v) is 71.8. The fraction of sp³-hybridized carbons (Fsp3) is 0.566. The number of thiazole rings is 1. The minimum Gasteiger partial charge on any atom is -0.508 e. The number of nitrogens with zero attached hydrogens (tertiary/aromatic N) is 3. The molecule has 11 atom stereocenters. The van der Waals surface area contributed by atoms with Crippen molar-refractivity contribution < 1.29 is 107 Å². The van der Waals surface area contributed by atoms with Crippen LogP contribution in [0, 0.1) is 29.6 Å². The number of piperidine rings is 1. The molecule has 660 valence electrons. The molecule has 1 unspecified atom stereocenters. The van der Waals surface area contributed by atoms with Crippen LogP contribution in [0.15, 0.2) is 84.2 Å². The molecule has 1 saturated heterocycles. The van der Waals surface area contributed by atoms with Crippen molar-refractivity contribution in [2.45, 2.75) is 219 Å². The topological polar surface area (TPSA) is 503 Å². The molecule has 1 aromatic heterocycles. The number of aromatic nitrogens is 1. The summed E-state index contributed by atoms with van der Waals surface area (Å²) in [6, 6.07) is 14.3. The van der Waals surface area contributed by atoms with E-state index in [1.54, 1.807) is 83.9 Å². The van der Waals surface area contributed by atoms with Gasteiger partial charge in [0.2, 0.25) is 23.6 Å². The Kier molecular flexibility index (Phi) is 44.5. The van der Waals surface area contributed by atoms with Gasteiger partial charge in [-0.1, -0.05) is 150 Å². The molecule has 1 fully saturated rings. The van der Waals surface area contributed by atoms with Crippen molar-refractivity contribution in [1.82, 2.24) is 62.9 Å². The van der Waals surface area contributed by atoms with Gasteiger partial charge in [-0.2, -0.15) is 0 Å². The Labute approximate surface area is 711 Å². The first-order chi connectivity index (χ1) is 57.1. The molecule has 1 aliphatic heterocycles. The zero-order chi connectivity index (χ0) is 88.4. The van der Waals surface area contributed by atoms with Gasteiger partial charge in [0.25, 0.3) is 5.91 Å². The average Bonchev–Trinajstić information content (AvgIpc) is 1.26. The summed E-state index contributed by atoms with van der Waals surface area (Å²) in [5, 5.41) is 68.6. The standard InChI is InChI=1S/C83H118N12O22S3/c1-9-19-73(104)117-49-95(78(108)61(51(5)10-2)44-69(98)66-23-15-17-35-94(66)8)67(50(3)4)39-53(7)77-90-64(47-118-77)76(107)87-59(41-55-29-31-60(96)32-30-55)38-52(6)74(105)92-93-83(115)116-36-37-119-120-48-65(80(111)112)89-75(106)58(40-54-20-12-11-13-21-54)43-68(97)63(45-72(102)103)88-70(99)42-56-25-27-57(28-26-56)46-86-81(113)84-33-16-14-22-62(79(109)110)91-82(114)85-34-18-24-71(100)101/h11-13,20-21,25-32,47,50-53,58-59,61-63,65-67,96H,9-10,14-19,22-24,33-46,48-49H2,1-8H3,(H,87,107)(H,88,99)(H,89,106)(H,92,105)(H,93,115)(H,100,101)(H,102,103)(H,109,110)(H,111,112)(H2,84,86,113)(H2,85,91,114)/t51?,52-,53+,58+,59+,61-,62-,63-,65-,66+,67+/m0/s1. The number of phenols is 1. The summed E-state index contributed by atoms with van der Waals surface area (Å²) in [4.78, 5) is 204. The van der Waals surface area contributed by atoms with Crippen LogP contribution in [0.4, 0.5) is 14.4 Å². The molecule has 37 heteroatoms. The number of unbranched alkanes of at least 4 members (excludes halogenated alkanes) is 1. The summed E-state index contributed by atoms with van der Waals surface area (Å²) in [7, 11) is 4.06. The van der Waals surface area contributed by atoms with Crippen LogP contribution in [0.5, 0.6) is 5.75 Å². The van der Waals surface area contributed by atoms with Crippen LogP contribution in [0.25, 0.3) is 0 Å². The molecule has 0 bridgehead atoms. The lowest BCUT2D eigenvalue weighted by molar-refractivity contribution is -0.160. The number of likely N-dealkylation sites (tertiary alicyclic amines) is 1. The highest BCUT2D eigenvalue weighted by atomic mass is 33.1. The number of phenolic OH excluding ortho intramolecular Hbond substituents is 1. The molecule has 120 heavy (non-hydrogen) atoms. The molecule has 1 aliphatic rings. The molecule has 5 rings (SSSR count). The number of ketones is 2. The second-order valence-corrected chi connectivity index (χ2v) is 34.0. The molecular weight excluding hydrogens is 1610 g/mol. The van der Waals surface area contributed by atoms with Gasteiger partial charge in [-0.25, -0.2) is 34.4 Å². The van der Waals surface area contributed by atoms with E-state index in [0.717, 1.165) is 53.0 Å². The van der Waals surface area contributed by atoms with E-state index in [1.807, 2.05) is 48.6 Å². The van der Waals surface area contributed by atoms with Crippen LogP contribution >= 0.6 is 32.9 Å². The van der Waals surface area contributed by atoms with Gasteiger partial charge in [0.05, 0.1) is 29.9 Å². The predicted molar refractivity (Wildman–Crippen MR) is 450 cm³/mol. The highest BCUT2D eigenvalue weighted by Crippen LogP contribution is 2.34. The van der Waals surface area contributed by atoms with E-state index in [1.165, 1.54) is 23.5 Å². The number of esters is 1. The van der Waals surface area contributed by atoms with Gasteiger partial charge < -0.3 is 77.1 Å². The van der Waals surface area contributed by atoms with Crippen LogP contribution in [-0.2, 0) is 88.0 Å². The minimum atomic E-state index is -1.59. The Hall–Kier alpha value is -10.4. The first kappa shape index (κ1) is 100. The van der Waals surface area contributed by atoms with Gasteiger partial charge in [0.15, 0.2) is 18.3 Å². The molecule has 0 saturated carbocycles. The second-order valence-electron chi connectivity index (χ2n) is 30.5. The molecule has 34 nitrogen and oxygen atoms in total. The van der Waals surface area contributed by atoms with Gasteiger partial charge in [0.1, 0.15) is 30.1 Å². The third kappa shape index (κ3) is 37.1. The SMILES string of the molecule is CCCC(=O)OCN(C(=O)[C@@H](CC(=O)[C@H]1CCCCN1C)C(C)CC)[C@H](C[C@@H](C)c1nc(C(=O)N[C@@H](Cc2ccc(O)cc2)C[C@H](C)C(=O)NNC(=O)OCCSSC[C@H](NC(=O)[C@@H](CC(=O)[C@H](CC(=O)O)NC(=O)Cc2ccc(CNC(=O)NCCCC[C@H](NC(=O)NCCCC(=O)O)C(=O)O)cc2)Cc2ccccc2)C(=O)O)cs1)C(C)C. The summed E-state index contributed by atoms with van der Waals surface area (Å²) in [5.41, 5.74) is 7.08. The largest absolute Gasteiger partial charge is 0.508 e. The van der Waals surface area contributed by atoms with Crippen LogP contribution in [0.1, 0.15) is 195 Å². The number of aliphatic carboxylic acids is 4. The van der Waals surface area contributed by atoms with Gasteiger partial charge >= 0.3 is 48.0 Å². The number of rotatable bonds is 54. The summed E-state index contributed by atoms with van der Waals surface area (Å²) >= 11 is 1.27. The molecule has 10 amide bonds. The van der Waals surface area contributed by atoms with Crippen molar-refractivity contribution in [3.8, 4) is 5.75 Å². The number of carbonyl (C=O) groups excluding carboxylic acids is 11. The summed E-state index contributed by atoms with van der Waals surface area (Å²) in [5.74, 6) is -12.7. The first-order valence-corrected chi connectivity index (χ1v) is 43.9. The smallest absolute Gasteiger partial charge is 0.426 e. The number of likely N-dealkylation sites (N-methyl/N-ethyl adjacent to an activating group) is 1. The third-order valence-corrected chi connectivity index (χ3v) is 23.9. The van der Waals surface area contributed by atoms with Crippen LogP contribution in [0.3, 0.4) is 0 Å². The van der Waals surface area contributed by atoms with Crippen molar-refractivity contribution in [2.24, 2.45) is 29.6 Å². The normalized spacial score (nSPS) is 15.2. The summed E-state index contributed by atoms with van der Waals surface area (Å²) in [6.07, 6.45) is 2.72. The molecule has 0 spiro atoms.